The predicted molar refractivity (Wildman–Crippen MR) is 133 cm³/mol. The minimum atomic E-state index is -0.257. The van der Waals surface area contributed by atoms with E-state index in [9.17, 15) is 4.79 Å². The van der Waals surface area contributed by atoms with Gasteiger partial charge >= 0.3 is 0 Å². The van der Waals surface area contributed by atoms with Gasteiger partial charge in [0.15, 0.2) is 0 Å². The van der Waals surface area contributed by atoms with E-state index in [4.69, 9.17) is 37.1 Å². The first-order chi connectivity index (χ1) is 15.9. The topological polar surface area (TPSA) is 60.7 Å². The van der Waals surface area contributed by atoms with Crippen LogP contribution in [0, 0.1) is 0 Å². The Morgan fingerprint density at radius 2 is 1.73 bits per heavy atom. The Labute approximate surface area is 201 Å². The maximum absolute atomic E-state index is 12.6. The summed E-state index contributed by atoms with van der Waals surface area (Å²) in [4.78, 5) is 12.6. The summed E-state index contributed by atoms with van der Waals surface area (Å²) in [6.07, 6.45) is 3.18. The molecular weight excluding hydrogens is 461 g/mol. The number of nitrogens with one attached hydrogen (secondary N) is 1. The zero-order chi connectivity index (χ0) is 23.5. The molecule has 0 spiro atoms. The van der Waals surface area contributed by atoms with E-state index in [1.807, 2.05) is 19.1 Å². The fraction of sp³-hybridized carbons (Fsp3) is 0.115. The first kappa shape index (κ1) is 22.8. The number of halogens is 2. The van der Waals surface area contributed by atoms with Gasteiger partial charge in [-0.15, -0.1) is 0 Å². The van der Waals surface area contributed by atoms with Crippen molar-refractivity contribution in [2.75, 3.05) is 19.5 Å². The second-order valence-electron chi connectivity index (χ2n) is 7.37. The molecule has 1 amide bonds. The SMILES string of the molecule is COc1ccc(NC(=O)/C=C(\C)c2cc3c(-c4ccc(Cl)cc4Cl)coc3cc2OC)cc1. The number of anilines is 1. The lowest BCUT2D eigenvalue weighted by Gasteiger charge is -2.11. The molecule has 0 fully saturated rings. The van der Waals surface area contributed by atoms with Gasteiger partial charge in [0.05, 0.1) is 25.5 Å². The van der Waals surface area contributed by atoms with Crippen LogP contribution in [0.2, 0.25) is 10.0 Å². The summed E-state index contributed by atoms with van der Waals surface area (Å²) >= 11 is 12.5. The van der Waals surface area contributed by atoms with Crippen molar-refractivity contribution in [1.82, 2.24) is 0 Å². The fourth-order valence-corrected chi connectivity index (χ4v) is 4.09. The lowest BCUT2D eigenvalue weighted by Crippen LogP contribution is -2.08. The Morgan fingerprint density at radius 1 is 0.970 bits per heavy atom. The van der Waals surface area contributed by atoms with E-state index < -0.39 is 0 Å². The van der Waals surface area contributed by atoms with Crippen molar-refractivity contribution in [1.29, 1.82) is 0 Å². The summed E-state index contributed by atoms with van der Waals surface area (Å²) in [5.74, 6) is 1.05. The number of hydrogen-bond donors (Lipinski definition) is 1. The van der Waals surface area contributed by atoms with Crippen molar-refractivity contribution >= 4 is 51.3 Å². The quantitative estimate of drug-likeness (QED) is 0.290. The molecular formula is C26H21Cl2NO4. The molecule has 4 aromatic rings. The second-order valence-corrected chi connectivity index (χ2v) is 8.21. The van der Waals surface area contributed by atoms with Gasteiger partial charge in [-0.25, -0.2) is 0 Å². The summed E-state index contributed by atoms with van der Waals surface area (Å²) in [6.45, 7) is 1.85. The first-order valence-electron chi connectivity index (χ1n) is 10.1. The summed E-state index contributed by atoms with van der Waals surface area (Å²) in [5.41, 5.74) is 4.44. The Hall–Kier alpha value is -3.41. The van der Waals surface area contributed by atoms with Gasteiger partial charge in [-0.3, -0.25) is 4.79 Å². The third-order valence-electron chi connectivity index (χ3n) is 5.25. The zero-order valence-corrected chi connectivity index (χ0v) is 19.8. The molecule has 0 aliphatic heterocycles. The van der Waals surface area contributed by atoms with Crippen molar-refractivity contribution in [2.45, 2.75) is 6.92 Å². The minimum absolute atomic E-state index is 0.257. The number of fused-ring (bicyclic) bond motifs is 1. The van der Waals surface area contributed by atoms with E-state index in [-0.39, 0.29) is 5.91 Å². The Kier molecular flexibility index (Phi) is 6.63. The molecule has 5 nitrogen and oxygen atoms in total. The number of amides is 1. The zero-order valence-electron chi connectivity index (χ0n) is 18.2. The second kappa shape index (κ2) is 9.61. The number of carbonyl (C=O) groups excluding carboxylic acids is 1. The van der Waals surface area contributed by atoms with Crippen LogP contribution in [-0.4, -0.2) is 20.1 Å². The standard InChI is InChI=1S/C26H21Cl2NO4/c1-15(10-26(30)29-17-5-7-18(31-2)8-6-17)20-12-21-22(14-33-25(21)13-24(20)32-3)19-9-4-16(27)11-23(19)28/h4-14H,1-3H3,(H,29,30)/b15-10+. The van der Waals surface area contributed by atoms with Crippen LogP contribution in [0.15, 0.2) is 71.4 Å². The average molecular weight is 482 g/mol. The van der Waals surface area contributed by atoms with Crippen LogP contribution in [-0.2, 0) is 4.79 Å². The van der Waals surface area contributed by atoms with Gasteiger partial charge in [0.1, 0.15) is 17.1 Å². The van der Waals surface area contributed by atoms with E-state index >= 15 is 0 Å². The molecule has 33 heavy (non-hydrogen) atoms. The molecule has 1 heterocycles. The van der Waals surface area contributed by atoms with Crippen molar-refractivity contribution in [2.24, 2.45) is 0 Å². The number of methoxy groups -OCH3 is 2. The van der Waals surface area contributed by atoms with Crippen LogP contribution in [0.1, 0.15) is 12.5 Å². The van der Waals surface area contributed by atoms with Gasteiger partial charge in [-0.1, -0.05) is 29.3 Å². The van der Waals surface area contributed by atoms with E-state index in [2.05, 4.69) is 5.32 Å². The van der Waals surface area contributed by atoms with Crippen molar-refractivity contribution in [3.8, 4) is 22.6 Å². The van der Waals surface area contributed by atoms with Crippen LogP contribution >= 0.6 is 23.2 Å². The Bertz CT molecular complexity index is 1360. The van der Waals surface area contributed by atoms with Gasteiger partial charge in [0.2, 0.25) is 5.91 Å². The van der Waals surface area contributed by atoms with E-state index in [0.717, 1.165) is 33.4 Å². The van der Waals surface area contributed by atoms with Gasteiger partial charge in [-0.05, 0) is 55.0 Å². The van der Waals surface area contributed by atoms with E-state index in [0.29, 0.717) is 27.1 Å². The molecule has 1 aromatic heterocycles. The fourth-order valence-electron chi connectivity index (χ4n) is 3.58. The molecule has 0 saturated heterocycles. The third kappa shape index (κ3) is 4.85. The minimum Gasteiger partial charge on any atom is -0.497 e. The summed E-state index contributed by atoms with van der Waals surface area (Å²) < 4.78 is 16.5. The highest BCUT2D eigenvalue weighted by Gasteiger charge is 2.16. The van der Waals surface area contributed by atoms with Crippen LogP contribution in [0.4, 0.5) is 5.69 Å². The number of rotatable bonds is 6. The molecule has 0 bridgehead atoms. The monoisotopic (exact) mass is 481 g/mol. The summed E-state index contributed by atoms with van der Waals surface area (Å²) in [5, 5.41) is 4.78. The molecule has 0 aliphatic rings. The maximum Gasteiger partial charge on any atom is 0.248 e. The molecule has 168 valence electrons. The molecule has 1 N–H and O–H groups in total. The first-order valence-corrected chi connectivity index (χ1v) is 10.8. The maximum atomic E-state index is 12.6. The summed E-state index contributed by atoms with van der Waals surface area (Å²) in [7, 11) is 3.17. The molecule has 0 atom stereocenters. The smallest absolute Gasteiger partial charge is 0.248 e. The molecule has 0 unspecified atom stereocenters. The summed E-state index contributed by atoms with van der Waals surface area (Å²) in [6, 6.07) is 16.2. The number of hydrogen-bond acceptors (Lipinski definition) is 4. The van der Waals surface area contributed by atoms with Crippen molar-refractivity contribution in [3.05, 3.63) is 82.5 Å². The van der Waals surface area contributed by atoms with Gasteiger partial charge in [0.25, 0.3) is 0 Å². The highest BCUT2D eigenvalue weighted by atomic mass is 35.5. The number of carbonyl (C=O) groups is 1. The molecule has 0 saturated carbocycles. The molecule has 0 aliphatic carbocycles. The number of allylic oxidation sites excluding steroid dienone is 1. The van der Waals surface area contributed by atoms with Crippen molar-refractivity contribution in [3.63, 3.8) is 0 Å². The number of benzene rings is 3. The van der Waals surface area contributed by atoms with Crippen LogP contribution in [0.3, 0.4) is 0 Å². The largest absolute Gasteiger partial charge is 0.497 e. The van der Waals surface area contributed by atoms with Gasteiger partial charge in [-0.2, -0.15) is 0 Å². The van der Waals surface area contributed by atoms with Crippen LogP contribution < -0.4 is 14.8 Å². The lowest BCUT2D eigenvalue weighted by molar-refractivity contribution is -0.111. The van der Waals surface area contributed by atoms with Gasteiger partial charge in [0, 0.05) is 44.9 Å². The van der Waals surface area contributed by atoms with E-state index in [1.54, 1.807) is 62.9 Å². The third-order valence-corrected chi connectivity index (χ3v) is 5.79. The van der Waals surface area contributed by atoms with Crippen LogP contribution in [0.5, 0.6) is 11.5 Å². The van der Waals surface area contributed by atoms with Gasteiger partial charge < -0.3 is 19.2 Å². The predicted octanol–water partition coefficient (Wildman–Crippen LogP) is 7.47. The Balaban J connectivity index is 1.69. The van der Waals surface area contributed by atoms with Crippen molar-refractivity contribution < 1.29 is 18.7 Å². The highest BCUT2D eigenvalue weighted by Crippen LogP contribution is 2.40. The Morgan fingerprint density at radius 3 is 2.39 bits per heavy atom. The normalized spacial score (nSPS) is 11.5. The molecule has 3 aromatic carbocycles. The average Bonchev–Trinajstić information content (AvgIpc) is 3.21. The highest BCUT2D eigenvalue weighted by molar-refractivity contribution is 6.36. The molecule has 4 rings (SSSR count). The van der Waals surface area contributed by atoms with Crippen LogP contribution in [0.25, 0.3) is 27.7 Å². The van der Waals surface area contributed by atoms with E-state index in [1.165, 1.54) is 6.08 Å². The molecule has 7 heteroatoms. The lowest BCUT2D eigenvalue weighted by atomic mass is 9.99. The number of ether oxygens (including phenoxy) is 2. The molecule has 0 radical (unpaired) electrons. The number of furan rings is 1.